The molecule has 2 heteroatoms. The Morgan fingerprint density at radius 2 is 2.64 bits per heavy atom. The van der Waals surface area contributed by atoms with Crippen LogP contribution >= 0.6 is 0 Å². The van der Waals surface area contributed by atoms with E-state index in [1.807, 2.05) is 13.0 Å². The van der Waals surface area contributed by atoms with Gasteiger partial charge in [-0.05, 0) is 25.6 Å². The van der Waals surface area contributed by atoms with Crippen LogP contribution in [0.4, 0.5) is 0 Å². The van der Waals surface area contributed by atoms with E-state index in [4.69, 9.17) is 4.74 Å². The molecule has 1 heterocycles. The second kappa shape index (κ2) is 4.09. The Labute approximate surface area is 67.3 Å². The standard InChI is InChI=1S/C9H13NO/c1-3-9(10-2)8-4-6-11-7-5-8/h3-4H,2,5-7H2,1H3. The number of rotatable bonds is 2. The highest BCUT2D eigenvalue weighted by molar-refractivity contribution is 5.38. The van der Waals surface area contributed by atoms with Crippen LogP contribution in [0.15, 0.2) is 28.4 Å². The van der Waals surface area contributed by atoms with Gasteiger partial charge in [0.25, 0.3) is 0 Å². The smallest absolute Gasteiger partial charge is 0.0654 e. The van der Waals surface area contributed by atoms with E-state index in [1.165, 1.54) is 5.57 Å². The average molecular weight is 151 g/mol. The average Bonchev–Trinajstić information content (AvgIpc) is 2.09. The van der Waals surface area contributed by atoms with Gasteiger partial charge in [-0.2, -0.15) is 0 Å². The van der Waals surface area contributed by atoms with E-state index in [2.05, 4.69) is 17.8 Å². The van der Waals surface area contributed by atoms with Crippen molar-refractivity contribution >= 4 is 6.72 Å². The molecule has 0 spiro atoms. The minimum Gasteiger partial charge on any atom is -0.377 e. The molecular weight excluding hydrogens is 138 g/mol. The zero-order chi connectivity index (χ0) is 8.10. The Bertz CT molecular complexity index is 204. The summed E-state index contributed by atoms with van der Waals surface area (Å²) in [6, 6.07) is 0. The topological polar surface area (TPSA) is 21.6 Å². The van der Waals surface area contributed by atoms with E-state index in [1.54, 1.807) is 0 Å². The van der Waals surface area contributed by atoms with Crippen molar-refractivity contribution in [3.05, 3.63) is 23.4 Å². The highest BCUT2D eigenvalue weighted by Gasteiger charge is 2.05. The van der Waals surface area contributed by atoms with Crippen LogP contribution in [0.5, 0.6) is 0 Å². The van der Waals surface area contributed by atoms with Gasteiger partial charge < -0.3 is 4.74 Å². The molecule has 0 saturated carbocycles. The lowest BCUT2D eigenvalue weighted by molar-refractivity contribution is 0.155. The molecule has 60 valence electrons. The molecular formula is C9H13NO. The fourth-order valence-corrected chi connectivity index (χ4v) is 1.14. The number of hydrogen-bond acceptors (Lipinski definition) is 2. The van der Waals surface area contributed by atoms with Crippen LogP contribution in [0.2, 0.25) is 0 Å². The Kier molecular flexibility index (Phi) is 3.05. The van der Waals surface area contributed by atoms with Crippen LogP contribution in [0.1, 0.15) is 13.3 Å². The highest BCUT2D eigenvalue weighted by atomic mass is 16.5. The van der Waals surface area contributed by atoms with Crippen LogP contribution in [-0.4, -0.2) is 19.9 Å². The molecule has 0 aliphatic carbocycles. The summed E-state index contributed by atoms with van der Waals surface area (Å²) in [5, 5.41) is 0. The van der Waals surface area contributed by atoms with Gasteiger partial charge in [-0.3, -0.25) is 4.99 Å². The predicted octanol–water partition coefficient (Wildman–Crippen LogP) is 1.94. The normalized spacial score (nSPS) is 19.4. The molecule has 0 aromatic heterocycles. The lowest BCUT2D eigenvalue weighted by atomic mass is 10.1. The molecule has 0 fully saturated rings. The zero-order valence-corrected chi connectivity index (χ0v) is 6.84. The van der Waals surface area contributed by atoms with Crippen LogP contribution in [0, 0.1) is 0 Å². The van der Waals surface area contributed by atoms with Gasteiger partial charge in [-0.25, -0.2) is 0 Å². The highest BCUT2D eigenvalue weighted by Crippen LogP contribution is 2.17. The number of aliphatic imine (C=N–C) groups is 1. The van der Waals surface area contributed by atoms with Crippen molar-refractivity contribution in [3.8, 4) is 0 Å². The summed E-state index contributed by atoms with van der Waals surface area (Å²) in [5.41, 5.74) is 2.25. The summed E-state index contributed by atoms with van der Waals surface area (Å²) in [5.74, 6) is 0. The Morgan fingerprint density at radius 1 is 1.82 bits per heavy atom. The minimum absolute atomic E-state index is 0.711. The molecule has 0 aromatic carbocycles. The second-order valence-electron chi connectivity index (χ2n) is 2.39. The van der Waals surface area contributed by atoms with Gasteiger partial charge in [-0.1, -0.05) is 12.2 Å². The summed E-state index contributed by atoms with van der Waals surface area (Å²) in [6.07, 6.45) is 5.00. The summed E-state index contributed by atoms with van der Waals surface area (Å²) in [4.78, 5) is 3.92. The predicted molar refractivity (Wildman–Crippen MR) is 46.8 cm³/mol. The van der Waals surface area contributed by atoms with Crippen molar-refractivity contribution in [2.45, 2.75) is 13.3 Å². The zero-order valence-electron chi connectivity index (χ0n) is 6.84. The fraction of sp³-hybridized carbons (Fsp3) is 0.444. The minimum atomic E-state index is 0.711. The number of ether oxygens (including phenoxy) is 1. The lowest BCUT2D eigenvalue weighted by Crippen LogP contribution is -2.05. The van der Waals surface area contributed by atoms with E-state index in [0.29, 0.717) is 6.61 Å². The maximum Gasteiger partial charge on any atom is 0.0654 e. The van der Waals surface area contributed by atoms with Gasteiger partial charge in [0.15, 0.2) is 0 Å². The molecule has 0 amide bonds. The summed E-state index contributed by atoms with van der Waals surface area (Å²) in [6.45, 7) is 6.99. The van der Waals surface area contributed by atoms with E-state index in [0.717, 1.165) is 18.7 Å². The molecule has 1 aliphatic rings. The maximum atomic E-state index is 5.17. The molecule has 11 heavy (non-hydrogen) atoms. The van der Waals surface area contributed by atoms with E-state index in [9.17, 15) is 0 Å². The summed E-state index contributed by atoms with van der Waals surface area (Å²) >= 11 is 0. The quantitative estimate of drug-likeness (QED) is 0.553. The lowest BCUT2D eigenvalue weighted by Gasteiger charge is -2.12. The molecule has 1 aliphatic heterocycles. The molecule has 0 saturated heterocycles. The Morgan fingerprint density at radius 3 is 3.09 bits per heavy atom. The van der Waals surface area contributed by atoms with Crippen LogP contribution in [0.3, 0.4) is 0 Å². The van der Waals surface area contributed by atoms with E-state index in [-0.39, 0.29) is 0 Å². The molecule has 0 N–H and O–H groups in total. The van der Waals surface area contributed by atoms with Gasteiger partial charge in [-0.15, -0.1) is 0 Å². The summed E-state index contributed by atoms with van der Waals surface area (Å²) < 4.78 is 5.17. The third-order valence-electron chi connectivity index (χ3n) is 1.74. The van der Waals surface area contributed by atoms with Gasteiger partial charge in [0, 0.05) is 0 Å². The first-order chi connectivity index (χ1) is 5.38. The number of nitrogens with zero attached hydrogens (tertiary/aromatic N) is 1. The van der Waals surface area contributed by atoms with Crippen molar-refractivity contribution in [1.29, 1.82) is 0 Å². The molecule has 2 nitrogen and oxygen atoms in total. The summed E-state index contributed by atoms with van der Waals surface area (Å²) in [7, 11) is 0. The fourth-order valence-electron chi connectivity index (χ4n) is 1.14. The largest absolute Gasteiger partial charge is 0.377 e. The van der Waals surface area contributed by atoms with E-state index >= 15 is 0 Å². The third-order valence-corrected chi connectivity index (χ3v) is 1.74. The van der Waals surface area contributed by atoms with Crippen molar-refractivity contribution in [2.75, 3.05) is 13.2 Å². The van der Waals surface area contributed by atoms with Gasteiger partial charge in [0.05, 0.1) is 18.9 Å². The van der Waals surface area contributed by atoms with Crippen LogP contribution in [-0.2, 0) is 4.74 Å². The first kappa shape index (κ1) is 8.21. The molecule has 0 atom stereocenters. The van der Waals surface area contributed by atoms with Crippen molar-refractivity contribution < 1.29 is 4.74 Å². The van der Waals surface area contributed by atoms with Crippen LogP contribution in [0.25, 0.3) is 0 Å². The molecule has 1 rings (SSSR count). The van der Waals surface area contributed by atoms with Crippen molar-refractivity contribution in [1.82, 2.24) is 0 Å². The van der Waals surface area contributed by atoms with Crippen molar-refractivity contribution in [2.24, 2.45) is 4.99 Å². The van der Waals surface area contributed by atoms with Gasteiger partial charge in [0.1, 0.15) is 0 Å². The maximum absolute atomic E-state index is 5.17. The van der Waals surface area contributed by atoms with Crippen molar-refractivity contribution in [3.63, 3.8) is 0 Å². The molecule has 0 radical (unpaired) electrons. The van der Waals surface area contributed by atoms with Gasteiger partial charge in [0.2, 0.25) is 0 Å². The molecule has 0 bridgehead atoms. The Balaban J connectivity index is 2.71. The second-order valence-corrected chi connectivity index (χ2v) is 2.39. The molecule has 0 aromatic rings. The van der Waals surface area contributed by atoms with Crippen LogP contribution < -0.4 is 0 Å². The first-order valence-electron chi connectivity index (χ1n) is 3.78. The monoisotopic (exact) mass is 151 g/mol. The number of hydrogen-bond donors (Lipinski definition) is 0. The Hall–Kier alpha value is -0.890. The third kappa shape index (κ3) is 2.02. The van der Waals surface area contributed by atoms with Gasteiger partial charge >= 0.3 is 0 Å². The first-order valence-corrected chi connectivity index (χ1v) is 3.78. The SMILES string of the molecule is C=NC(=CC)C1=CCOCC1. The number of allylic oxidation sites excluding steroid dienone is 2. The molecule has 0 unspecified atom stereocenters. The van der Waals surface area contributed by atoms with E-state index < -0.39 is 0 Å².